The maximum atomic E-state index is 5.98. The van der Waals surface area contributed by atoms with Gasteiger partial charge in [-0.05, 0) is 24.3 Å². The van der Waals surface area contributed by atoms with E-state index in [-0.39, 0.29) is 0 Å². The number of nitrogens with zero attached hydrogens (tertiary/aromatic N) is 5. The maximum Gasteiger partial charge on any atom is 0.189 e. The predicted octanol–water partition coefficient (Wildman–Crippen LogP) is 0.809. The molecule has 1 aliphatic heterocycles. The van der Waals surface area contributed by atoms with Gasteiger partial charge in [-0.25, -0.2) is 9.99 Å². The monoisotopic (exact) mass is 328 g/mol. The summed E-state index contributed by atoms with van der Waals surface area (Å²) in [6.45, 7) is 6.59. The standard InChI is InChI=1S/C16H24N8/c1-3-23(2)22-13-6-4-12(5-7-13)15-19-16(14(17)20-21-15)24-10-8-18-9-11-24/h4-7,18,22H,3,8-11H2,1-2H3,(H2,17,20). The van der Waals surface area contributed by atoms with Crippen LogP contribution in [0.1, 0.15) is 6.92 Å². The second-order valence-corrected chi connectivity index (χ2v) is 5.78. The first kappa shape index (κ1) is 16.4. The largest absolute Gasteiger partial charge is 0.379 e. The molecule has 0 radical (unpaired) electrons. The van der Waals surface area contributed by atoms with Crippen LogP contribution in [0.2, 0.25) is 0 Å². The van der Waals surface area contributed by atoms with E-state index >= 15 is 0 Å². The Balaban J connectivity index is 1.81. The molecule has 0 atom stereocenters. The van der Waals surface area contributed by atoms with Gasteiger partial charge in [0.05, 0.1) is 0 Å². The van der Waals surface area contributed by atoms with E-state index in [0.29, 0.717) is 11.6 Å². The molecule has 1 saturated heterocycles. The molecule has 24 heavy (non-hydrogen) atoms. The van der Waals surface area contributed by atoms with Gasteiger partial charge in [0.1, 0.15) is 0 Å². The third kappa shape index (κ3) is 3.72. The van der Waals surface area contributed by atoms with Crippen molar-refractivity contribution in [3.05, 3.63) is 24.3 Å². The summed E-state index contributed by atoms with van der Waals surface area (Å²) in [4.78, 5) is 6.79. The molecular formula is C16H24N8. The van der Waals surface area contributed by atoms with Crippen LogP contribution in [0, 0.1) is 0 Å². The molecule has 2 aromatic rings. The van der Waals surface area contributed by atoms with E-state index in [2.05, 4.69) is 37.7 Å². The van der Waals surface area contributed by atoms with Crippen molar-refractivity contribution in [1.29, 1.82) is 0 Å². The van der Waals surface area contributed by atoms with Crippen LogP contribution in [0.4, 0.5) is 17.3 Å². The van der Waals surface area contributed by atoms with E-state index in [0.717, 1.165) is 49.8 Å². The van der Waals surface area contributed by atoms with E-state index in [1.807, 2.05) is 36.3 Å². The first-order valence-corrected chi connectivity index (χ1v) is 8.21. The number of hydrogen-bond donors (Lipinski definition) is 3. The summed E-state index contributed by atoms with van der Waals surface area (Å²) in [5.41, 5.74) is 11.2. The van der Waals surface area contributed by atoms with Gasteiger partial charge in [-0.1, -0.05) is 6.92 Å². The van der Waals surface area contributed by atoms with Gasteiger partial charge in [0, 0.05) is 51.0 Å². The minimum absolute atomic E-state index is 0.378. The zero-order valence-corrected chi connectivity index (χ0v) is 14.2. The highest BCUT2D eigenvalue weighted by atomic mass is 15.5. The van der Waals surface area contributed by atoms with Crippen molar-refractivity contribution >= 4 is 17.3 Å². The number of rotatable bonds is 5. The number of aromatic nitrogens is 3. The summed E-state index contributed by atoms with van der Waals surface area (Å²) in [7, 11) is 2.00. The van der Waals surface area contributed by atoms with Gasteiger partial charge in [0.25, 0.3) is 0 Å². The van der Waals surface area contributed by atoms with E-state index in [1.165, 1.54) is 0 Å². The lowest BCUT2D eigenvalue weighted by Crippen LogP contribution is -2.44. The number of nitrogens with two attached hydrogens (primary N) is 1. The second-order valence-electron chi connectivity index (χ2n) is 5.78. The molecule has 8 nitrogen and oxygen atoms in total. The van der Waals surface area contributed by atoms with Crippen molar-refractivity contribution in [1.82, 2.24) is 25.5 Å². The molecule has 0 bridgehead atoms. The average molecular weight is 328 g/mol. The Kier molecular flexibility index (Phi) is 5.07. The first-order valence-electron chi connectivity index (χ1n) is 8.21. The molecule has 1 aromatic heterocycles. The predicted molar refractivity (Wildman–Crippen MR) is 96.7 cm³/mol. The molecule has 3 rings (SSSR count). The Bertz CT molecular complexity index is 666. The van der Waals surface area contributed by atoms with Crippen LogP contribution >= 0.6 is 0 Å². The number of hydrazine groups is 1. The Morgan fingerprint density at radius 3 is 2.58 bits per heavy atom. The van der Waals surface area contributed by atoms with Crippen LogP contribution in [-0.4, -0.2) is 60.0 Å². The van der Waals surface area contributed by atoms with Gasteiger partial charge in [-0.3, -0.25) is 0 Å². The summed E-state index contributed by atoms with van der Waals surface area (Å²) >= 11 is 0. The molecule has 4 N–H and O–H groups in total. The van der Waals surface area contributed by atoms with Crippen molar-refractivity contribution in [2.45, 2.75) is 6.92 Å². The van der Waals surface area contributed by atoms with Crippen LogP contribution in [0.15, 0.2) is 24.3 Å². The highest BCUT2D eigenvalue weighted by Crippen LogP contribution is 2.23. The lowest BCUT2D eigenvalue weighted by atomic mass is 10.2. The Hall–Kier alpha value is -2.45. The molecule has 1 aliphatic rings. The fraction of sp³-hybridized carbons (Fsp3) is 0.438. The SMILES string of the molecule is CCN(C)Nc1ccc(-c2nnc(N)c(N3CCNCC3)n2)cc1. The van der Waals surface area contributed by atoms with Gasteiger partial charge in [0.2, 0.25) is 0 Å². The Morgan fingerprint density at radius 1 is 1.21 bits per heavy atom. The normalized spacial score (nSPS) is 14.9. The van der Waals surface area contributed by atoms with Gasteiger partial charge in [0.15, 0.2) is 17.5 Å². The molecule has 0 amide bonds. The molecule has 128 valence electrons. The summed E-state index contributed by atoms with van der Waals surface area (Å²) in [6.07, 6.45) is 0. The van der Waals surface area contributed by atoms with Crippen LogP contribution in [0.3, 0.4) is 0 Å². The quantitative estimate of drug-likeness (QED) is 0.694. The van der Waals surface area contributed by atoms with Crippen LogP contribution < -0.4 is 21.4 Å². The maximum absolute atomic E-state index is 5.98. The third-order valence-electron chi connectivity index (χ3n) is 4.05. The number of benzene rings is 1. The second kappa shape index (κ2) is 7.41. The first-order chi connectivity index (χ1) is 11.7. The van der Waals surface area contributed by atoms with Crippen molar-refractivity contribution in [2.75, 3.05) is 55.8 Å². The van der Waals surface area contributed by atoms with E-state index < -0.39 is 0 Å². The highest BCUT2D eigenvalue weighted by molar-refractivity contribution is 5.65. The molecule has 2 heterocycles. The molecule has 1 aromatic carbocycles. The Labute approximate surface area is 142 Å². The minimum atomic E-state index is 0.378. The molecule has 0 spiro atoms. The third-order valence-corrected chi connectivity index (χ3v) is 4.05. The molecule has 1 fully saturated rings. The molecule has 0 aliphatic carbocycles. The van der Waals surface area contributed by atoms with Gasteiger partial charge < -0.3 is 21.4 Å². The molecule has 0 unspecified atom stereocenters. The zero-order chi connectivity index (χ0) is 16.9. The van der Waals surface area contributed by atoms with Crippen molar-refractivity contribution in [3.63, 3.8) is 0 Å². The average Bonchev–Trinajstić information content (AvgIpc) is 2.63. The number of piperazine rings is 1. The number of nitrogens with one attached hydrogen (secondary N) is 2. The van der Waals surface area contributed by atoms with Crippen LogP contribution in [-0.2, 0) is 0 Å². The van der Waals surface area contributed by atoms with Crippen LogP contribution in [0.25, 0.3) is 11.4 Å². The van der Waals surface area contributed by atoms with Crippen molar-refractivity contribution < 1.29 is 0 Å². The summed E-state index contributed by atoms with van der Waals surface area (Å²) in [5, 5.41) is 13.6. The highest BCUT2D eigenvalue weighted by Gasteiger charge is 2.17. The molecule has 8 heteroatoms. The zero-order valence-electron chi connectivity index (χ0n) is 14.2. The number of nitrogen functional groups attached to an aromatic ring is 1. The van der Waals surface area contributed by atoms with Gasteiger partial charge in [-0.15, -0.1) is 10.2 Å². The lowest BCUT2D eigenvalue weighted by molar-refractivity contribution is 0.426. The van der Waals surface area contributed by atoms with Gasteiger partial charge in [-0.2, -0.15) is 0 Å². The van der Waals surface area contributed by atoms with E-state index in [1.54, 1.807) is 0 Å². The summed E-state index contributed by atoms with van der Waals surface area (Å²) in [6, 6.07) is 7.98. The van der Waals surface area contributed by atoms with Crippen LogP contribution in [0.5, 0.6) is 0 Å². The Morgan fingerprint density at radius 2 is 1.92 bits per heavy atom. The van der Waals surface area contributed by atoms with Crippen molar-refractivity contribution in [3.8, 4) is 11.4 Å². The van der Waals surface area contributed by atoms with Gasteiger partial charge >= 0.3 is 0 Å². The molecule has 0 saturated carbocycles. The fourth-order valence-corrected chi connectivity index (χ4v) is 2.55. The van der Waals surface area contributed by atoms with E-state index in [4.69, 9.17) is 5.73 Å². The smallest absolute Gasteiger partial charge is 0.189 e. The fourth-order valence-electron chi connectivity index (χ4n) is 2.55. The number of anilines is 3. The topological polar surface area (TPSA) is 95.2 Å². The number of hydrogen-bond acceptors (Lipinski definition) is 8. The molecular weight excluding hydrogens is 304 g/mol. The summed E-state index contributed by atoms with van der Waals surface area (Å²) < 4.78 is 0. The lowest BCUT2D eigenvalue weighted by Gasteiger charge is -2.28. The van der Waals surface area contributed by atoms with E-state index in [9.17, 15) is 0 Å². The minimum Gasteiger partial charge on any atom is -0.379 e. The summed E-state index contributed by atoms with van der Waals surface area (Å²) in [5.74, 6) is 1.69. The van der Waals surface area contributed by atoms with Crippen molar-refractivity contribution in [2.24, 2.45) is 0 Å².